The van der Waals surface area contributed by atoms with Gasteiger partial charge in [-0.1, -0.05) is 11.6 Å². The molecule has 0 fully saturated rings. The van der Waals surface area contributed by atoms with E-state index in [-0.39, 0.29) is 22.1 Å². The summed E-state index contributed by atoms with van der Waals surface area (Å²) in [5.74, 6) is -0.957. The first-order valence-electron chi connectivity index (χ1n) is 5.01. The molecule has 0 aliphatic rings. The van der Waals surface area contributed by atoms with Gasteiger partial charge in [-0.25, -0.2) is 9.37 Å². The maximum atomic E-state index is 13.3. The Morgan fingerprint density at radius 3 is 2.65 bits per heavy atom. The van der Waals surface area contributed by atoms with E-state index in [9.17, 15) is 14.5 Å². The van der Waals surface area contributed by atoms with Gasteiger partial charge < -0.3 is 0 Å². The topological polar surface area (TPSA) is 109 Å². The smallest absolute Gasteiger partial charge is 0.283 e. The van der Waals surface area contributed by atoms with Gasteiger partial charge in [-0.3, -0.25) is 14.7 Å². The molecule has 0 unspecified atom stereocenters. The minimum absolute atomic E-state index is 0.146. The lowest BCUT2D eigenvalue weighted by Gasteiger charge is -2.06. The van der Waals surface area contributed by atoms with Crippen LogP contribution in [0.25, 0.3) is 5.69 Å². The molecule has 0 atom stereocenters. The average molecular weight is 292 g/mol. The molecule has 0 saturated heterocycles. The molecule has 0 spiro atoms. The largest absolute Gasteiger partial charge is 0.296 e. The molecule has 1 aromatic heterocycles. The van der Waals surface area contributed by atoms with E-state index in [1.807, 2.05) is 0 Å². The van der Waals surface area contributed by atoms with E-state index in [1.165, 1.54) is 0 Å². The third-order valence-electron chi connectivity index (χ3n) is 2.45. The Kier molecular flexibility index (Phi) is 3.34. The predicted octanol–water partition coefficient (Wildman–Crippen LogP) is 2.32. The van der Waals surface area contributed by atoms with Crippen molar-refractivity contribution in [2.24, 2.45) is 0 Å². The Labute approximate surface area is 116 Å². The second-order valence-electron chi connectivity index (χ2n) is 3.55. The standard InChI is InChI=1S/C11H3ClFN5O2/c12-6-1-9(10(18(19)20)2-7(6)13)17-5-16-8(3-14)11(17)4-15/h1-2,5H. The number of rotatable bonds is 2. The van der Waals surface area contributed by atoms with E-state index in [1.54, 1.807) is 12.1 Å². The molecule has 9 heteroatoms. The van der Waals surface area contributed by atoms with Crippen molar-refractivity contribution in [1.29, 1.82) is 10.5 Å². The van der Waals surface area contributed by atoms with E-state index in [0.717, 1.165) is 17.0 Å². The van der Waals surface area contributed by atoms with E-state index >= 15 is 0 Å². The molecule has 7 nitrogen and oxygen atoms in total. The van der Waals surface area contributed by atoms with Gasteiger partial charge >= 0.3 is 0 Å². The molecule has 1 heterocycles. The quantitative estimate of drug-likeness (QED) is 0.623. The van der Waals surface area contributed by atoms with Gasteiger partial charge in [-0.05, 0) is 6.07 Å². The van der Waals surface area contributed by atoms with E-state index in [4.69, 9.17) is 22.1 Å². The van der Waals surface area contributed by atoms with E-state index < -0.39 is 16.4 Å². The lowest BCUT2D eigenvalue weighted by Crippen LogP contribution is -2.03. The number of halogens is 2. The van der Waals surface area contributed by atoms with Crippen molar-refractivity contribution in [1.82, 2.24) is 9.55 Å². The van der Waals surface area contributed by atoms with Gasteiger partial charge in [0.05, 0.1) is 16.0 Å². The first-order valence-corrected chi connectivity index (χ1v) is 5.38. The van der Waals surface area contributed by atoms with Crippen LogP contribution in [0.1, 0.15) is 11.4 Å². The Hall–Kier alpha value is -2.97. The molecule has 0 aliphatic carbocycles. The van der Waals surface area contributed by atoms with Crippen LogP contribution in [0.4, 0.5) is 10.1 Å². The van der Waals surface area contributed by atoms with Crippen molar-refractivity contribution in [2.75, 3.05) is 0 Å². The zero-order chi connectivity index (χ0) is 14.9. The minimum Gasteiger partial charge on any atom is -0.283 e. The second-order valence-corrected chi connectivity index (χ2v) is 3.95. The van der Waals surface area contributed by atoms with Crippen LogP contribution in [0, 0.1) is 38.6 Å². The van der Waals surface area contributed by atoms with Crippen LogP contribution in [-0.2, 0) is 0 Å². The summed E-state index contributed by atoms with van der Waals surface area (Å²) in [7, 11) is 0. The fourth-order valence-corrected chi connectivity index (χ4v) is 1.74. The highest BCUT2D eigenvalue weighted by atomic mass is 35.5. The normalized spacial score (nSPS) is 9.80. The van der Waals surface area contributed by atoms with Crippen molar-refractivity contribution in [3.8, 4) is 17.8 Å². The summed E-state index contributed by atoms with van der Waals surface area (Å²) >= 11 is 5.60. The third kappa shape index (κ3) is 2.05. The molecular weight excluding hydrogens is 289 g/mol. The third-order valence-corrected chi connectivity index (χ3v) is 2.74. The summed E-state index contributed by atoms with van der Waals surface area (Å²) in [6, 6.07) is 5.03. The number of nitro benzene ring substituents is 1. The fourth-order valence-electron chi connectivity index (χ4n) is 1.58. The van der Waals surface area contributed by atoms with Gasteiger partial charge in [0.1, 0.15) is 30.0 Å². The van der Waals surface area contributed by atoms with Gasteiger partial charge in [0.2, 0.25) is 0 Å². The molecule has 0 aliphatic heterocycles. The highest BCUT2D eigenvalue weighted by Gasteiger charge is 2.22. The number of hydrogen-bond acceptors (Lipinski definition) is 5. The second kappa shape index (κ2) is 4.96. The van der Waals surface area contributed by atoms with Gasteiger partial charge in [-0.2, -0.15) is 10.5 Å². The highest BCUT2D eigenvalue weighted by Crippen LogP contribution is 2.30. The number of nitriles is 2. The summed E-state index contributed by atoms with van der Waals surface area (Å²) in [4.78, 5) is 13.8. The molecule has 2 aromatic rings. The van der Waals surface area contributed by atoms with Crippen LogP contribution in [0.15, 0.2) is 18.5 Å². The zero-order valence-corrected chi connectivity index (χ0v) is 10.3. The molecule has 2 rings (SSSR count). The number of nitro groups is 1. The summed E-state index contributed by atoms with van der Waals surface area (Å²) in [5.41, 5.74) is -1.13. The predicted molar refractivity (Wildman–Crippen MR) is 64.6 cm³/mol. The average Bonchev–Trinajstić information content (AvgIpc) is 2.83. The van der Waals surface area contributed by atoms with Crippen LogP contribution in [0.3, 0.4) is 0 Å². The number of imidazole rings is 1. The number of hydrogen-bond donors (Lipinski definition) is 0. The van der Waals surface area contributed by atoms with Crippen molar-refractivity contribution in [2.45, 2.75) is 0 Å². The zero-order valence-electron chi connectivity index (χ0n) is 9.54. The van der Waals surface area contributed by atoms with Crippen LogP contribution in [0.2, 0.25) is 5.02 Å². The van der Waals surface area contributed by atoms with Crippen molar-refractivity contribution in [3.05, 3.63) is 50.8 Å². The fraction of sp³-hybridized carbons (Fsp3) is 0. The first kappa shape index (κ1) is 13.5. The molecule has 0 N–H and O–H groups in total. The number of benzene rings is 1. The van der Waals surface area contributed by atoms with Crippen molar-refractivity contribution >= 4 is 17.3 Å². The lowest BCUT2D eigenvalue weighted by atomic mass is 10.2. The molecule has 98 valence electrons. The van der Waals surface area contributed by atoms with Crippen molar-refractivity contribution < 1.29 is 9.31 Å². The molecule has 0 bridgehead atoms. The lowest BCUT2D eigenvalue weighted by molar-refractivity contribution is -0.384. The molecule has 20 heavy (non-hydrogen) atoms. The maximum Gasteiger partial charge on any atom is 0.296 e. The Balaban J connectivity index is 2.80. The van der Waals surface area contributed by atoms with Crippen molar-refractivity contribution in [3.63, 3.8) is 0 Å². The van der Waals surface area contributed by atoms with Crippen LogP contribution < -0.4 is 0 Å². The van der Waals surface area contributed by atoms with Crippen LogP contribution in [0.5, 0.6) is 0 Å². The summed E-state index contributed by atoms with van der Waals surface area (Å²) < 4.78 is 14.3. The summed E-state index contributed by atoms with van der Waals surface area (Å²) in [5, 5.41) is 28.4. The van der Waals surface area contributed by atoms with Gasteiger partial charge in [-0.15, -0.1) is 0 Å². The highest BCUT2D eigenvalue weighted by molar-refractivity contribution is 6.31. The first-order chi connectivity index (χ1) is 9.49. The number of nitrogens with zero attached hydrogens (tertiary/aromatic N) is 5. The Bertz CT molecular complexity index is 802. The maximum absolute atomic E-state index is 13.3. The molecule has 1 aromatic carbocycles. The van der Waals surface area contributed by atoms with Crippen LogP contribution in [-0.4, -0.2) is 14.5 Å². The molecule has 0 radical (unpaired) electrons. The summed E-state index contributed by atoms with van der Waals surface area (Å²) in [6.45, 7) is 0. The monoisotopic (exact) mass is 291 g/mol. The Morgan fingerprint density at radius 1 is 1.40 bits per heavy atom. The Morgan fingerprint density at radius 2 is 2.10 bits per heavy atom. The van der Waals surface area contributed by atoms with E-state index in [2.05, 4.69) is 4.98 Å². The SMILES string of the molecule is N#Cc1ncn(-c2cc(Cl)c(F)cc2[N+](=O)[O-])c1C#N. The van der Waals surface area contributed by atoms with Gasteiger partial charge in [0, 0.05) is 0 Å². The minimum atomic E-state index is -0.957. The number of aromatic nitrogens is 2. The van der Waals surface area contributed by atoms with Gasteiger partial charge in [0.25, 0.3) is 5.69 Å². The molecule has 0 amide bonds. The van der Waals surface area contributed by atoms with Crippen LogP contribution >= 0.6 is 11.6 Å². The van der Waals surface area contributed by atoms with Gasteiger partial charge in [0.15, 0.2) is 11.4 Å². The molecule has 0 saturated carbocycles. The molecular formula is C11H3ClFN5O2. The van der Waals surface area contributed by atoms with E-state index in [0.29, 0.717) is 6.07 Å². The summed E-state index contributed by atoms with van der Waals surface area (Å²) in [6.07, 6.45) is 1.06.